The molecule has 2 aromatic carbocycles. The lowest BCUT2D eigenvalue weighted by molar-refractivity contribution is -0.901. The van der Waals surface area contributed by atoms with E-state index in [0.717, 1.165) is 27.5 Å². The van der Waals surface area contributed by atoms with Crippen LogP contribution >= 0.6 is 11.6 Å². The van der Waals surface area contributed by atoms with Gasteiger partial charge in [-0.05, 0) is 44.2 Å². The number of hydrogen-bond donors (Lipinski definition) is 1. The van der Waals surface area contributed by atoms with E-state index in [1.54, 1.807) is 25.0 Å². The van der Waals surface area contributed by atoms with Crippen molar-refractivity contribution in [1.82, 2.24) is 4.90 Å². The first-order valence-electron chi connectivity index (χ1n) is 9.16. The number of aryl methyl sites for hydroxylation is 1. The molecule has 3 amide bonds. The molecule has 1 unspecified atom stereocenters. The predicted molar refractivity (Wildman–Crippen MR) is 109 cm³/mol. The van der Waals surface area contributed by atoms with Gasteiger partial charge in [0.2, 0.25) is 0 Å². The molecule has 6 nitrogen and oxygen atoms in total. The van der Waals surface area contributed by atoms with Gasteiger partial charge in [0.25, 0.3) is 5.91 Å². The van der Waals surface area contributed by atoms with Crippen molar-refractivity contribution in [3.05, 3.63) is 58.6 Å². The number of urea groups is 1. The molecule has 1 heterocycles. The summed E-state index contributed by atoms with van der Waals surface area (Å²) >= 11 is 6.10. The Morgan fingerprint density at radius 3 is 2.46 bits per heavy atom. The molecule has 1 aliphatic heterocycles. The highest BCUT2D eigenvalue weighted by atomic mass is 35.5. The van der Waals surface area contributed by atoms with E-state index in [9.17, 15) is 9.59 Å². The van der Waals surface area contributed by atoms with Gasteiger partial charge < -0.3 is 9.64 Å². The van der Waals surface area contributed by atoms with Crippen molar-refractivity contribution in [2.24, 2.45) is 0 Å². The lowest BCUT2D eigenvalue weighted by atomic mass is 10.2. The molecule has 1 N–H and O–H groups in total. The van der Waals surface area contributed by atoms with Crippen LogP contribution < -0.4 is 14.5 Å². The first kappa shape index (κ1) is 20.2. The monoisotopic (exact) mass is 402 g/mol. The summed E-state index contributed by atoms with van der Waals surface area (Å²) < 4.78 is 5.39. The molecule has 0 bridgehead atoms. The lowest BCUT2D eigenvalue weighted by Crippen LogP contribution is -3.09. The lowest BCUT2D eigenvalue weighted by Gasteiger charge is -2.22. The number of halogens is 1. The predicted octanol–water partition coefficient (Wildman–Crippen LogP) is 2.49. The van der Waals surface area contributed by atoms with E-state index in [-0.39, 0.29) is 18.6 Å². The highest BCUT2D eigenvalue weighted by molar-refractivity contribution is 6.30. The molecular weight excluding hydrogens is 378 g/mol. The van der Waals surface area contributed by atoms with Gasteiger partial charge in [-0.2, -0.15) is 0 Å². The minimum absolute atomic E-state index is 0.192. The molecule has 0 saturated carbocycles. The number of quaternary nitrogens is 1. The minimum atomic E-state index is -0.524. The van der Waals surface area contributed by atoms with Crippen LogP contribution in [0, 0.1) is 6.92 Å². The zero-order chi connectivity index (χ0) is 20.4. The summed E-state index contributed by atoms with van der Waals surface area (Å²) in [4.78, 5) is 29.5. The zero-order valence-electron chi connectivity index (χ0n) is 16.5. The van der Waals surface area contributed by atoms with E-state index >= 15 is 0 Å². The average Bonchev–Trinajstić information content (AvgIpc) is 2.86. The quantitative estimate of drug-likeness (QED) is 0.755. The summed E-state index contributed by atoms with van der Waals surface area (Å²) in [6.07, 6.45) is 0. The SMILES string of the molecule is COc1ccc(Cl)cc1C[NH+](C)CN1C(=O)[C@@H](C)N(c2ccc(C)cc2)C1=O. The van der Waals surface area contributed by atoms with Crippen molar-refractivity contribution in [2.45, 2.75) is 26.4 Å². The maximum absolute atomic E-state index is 12.9. The number of anilines is 1. The van der Waals surface area contributed by atoms with Crippen molar-refractivity contribution in [2.75, 3.05) is 25.7 Å². The standard InChI is InChI=1S/C21H24ClN3O3/c1-14-5-8-18(9-6-14)25-15(2)20(26)24(21(25)27)13-23(3)12-16-11-17(22)7-10-19(16)28-4/h5-11,15H,12-13H2,1-4H3/p+1/t15-/m1/s1. The number of rotatable bonds is 6. The summed E-state index contributed by atoms with van der Waals surface area (Å²) in [5, 5.41) is 0.621. The summed E-state index contributed by atoms with van der Waals surface area (Å²) in [5.74, 6) is 0.542. The molecule has 2 atom stereocenters. The van der Waals surface area contributed by atoms with Gasteiger partial charge in [-0.3, -0.25) is 9.69 Å². The molecule has 2 aromatic rings. The first-order chi connectivity index (χ1) is 13.3. The zero-order valence-corrected chi connectivity index (χ0v) is 17.3. The van der Waals surface area contributed by atoms with Crippen molar-refractivity contribution in [3.8, 4) is 5.75 Å². The number of nitrogens with zero attached hydrogens (tertiary/aromatic N) is 2. The maximum Gasteiger partial charge on any atom is 0.336 e. The van der Waals surface area contributed by atoms with Crippen LogP contribution in [0.4, 0.5) is 10.5 Å². The normalized spacial score (nSPS) is 18.0. The molecule has 1 fully saturated rings. The topological polar surface area (TPSA) is 54.3 Å². The number of carbonyl (C=O) groups is 2. The minimum Gasteiger partial charge on any atom is -0.496 e. The van der Waals surface area contributed by atoms with Crippen molar-refractivity contribution in [1.29, 1.82) is 0 Å². The number of imide groups is 1. The highest BCUT2D eigenvalue weighted by Crippen LogP contribution is 2.26. The molecule has 1 saturated heterocycles. The summed E-state index contributed by atoms with van der Waals surface area (Å²) in [6, 6.07) is 12.2. The van der Waals surface area contributed by atoms with Crippen LogP contribution in [0.5, 0.6) is 5.75 Å². The Bertz CT molecular complexity index is 885. The fourth-order valence-electron chi connectivity index (χ4n) is 3.45. The Kier molecular flexibility index (Phi) is 5.91. The van der Waals surface area contributed by atoms with E-state index in [1.807, 2.05) is 50.4 Å². The Morgan fingerprint density at radius 2 is 1.82 bits per heavy atom. The van der Waals surface area contributed by atoms with Gasteiger partial charge in [-0.25, -0.2) is 9.69 Å². The van der Waals surface area contributed by atoms with Crippen LogP contribution in [0.25, 0.3) is 0 Å². The molecule has 3 rings (SSSR count). The number of ether oxygens (including phenoxy) is 1. The Labute approximate surface area is 170 Å². The van der Waals surface area contributed by atoms with Gasteiger partial charge in [0.15, 0.2) is 6.67 Å². The van der Waals surface area contributed by atoms with Crippen molar-refractivity contribution < 1.29 is 19.2 Å². The molecule has 28 heavy (non-hydrogen) atoms. The van der Waals surface area contributed by atoms with Gasteiger partial charge in [0.1, 0.15) is 18.3 Å². The molecule has 0 radical (unpaired) electrons. The molecule has 0 aromatic heterocycles. The van der Waals surface area contributed by atoms with Crippen LogP contribution in [-0.2, 0) is 11.3 Å². The Hall–Kier alpha value is -2.57. The second kappa shape index (κ2) is 8.20. The number of carbonyl (C=O) groups excluding carboxylic acids is 2. The third kappa shape index (κ3) is 3.98. The van der Waals surface area contributed by atoms with Crippen LogP contribution in [0.2, 0.25) is 5.02 Å². The van der Waals surface area contributed by atoms with Crippen LogP contribution in [0.1, 0.15) is 18.1 Å². The molecule has 0 aliphatic carbocycles. The summed E-state index contributed by atoms with van der Waals surface area (Å²) in [7, 11) is 3.54. The first-order valence-corrected chi connectivity index (χ1v) is 9.54. The molecule has 148 valence electrons. The van der Waals surface area contributed by atoms with E-state index in [0.29, 0.717) is 11.6 Å². The number of nitrogens with one attached hydrogen (secondary N) is 1. The molecular formula is C21H25ClN3O3+. The second-order valence-corrected chi connectivity index (χ2v) is 7.61. The fourth-order valence-corrected chi connectivity index (χ4v) is 3.64. The summed E-state index contributed by atoms with van der Waals surface area (Å²) in [5.41, 5.74) is 2.76. The Morgan fingerprint density at radius 1 is 1.14 bits per heavy atom. The van der Waals surface area contributed by atoms with E-state index in [2.05, 4.69) is 0 Å². The average molecular weight is 403 g/mol. The number of methoxy groups -OCH3 is 1. The maximum atomic E-state index is 12.9. The van der Waals surface area contributed by atoms with Gasteiger partial charge in [0.05, 0.1) is 14.2 Å². The van der Waals surface area contributed by atoms with Gasteiger partial charge in [0, 0.05) is 16.3 Å². The van der Waals surface area contributed by atoms with E-state index in [4.69, 9.17) is 16.3 Å². The fraction of sp³-hybridized carbons (Fsp3) is 0.333. The Balaban J connectivity index is 1.75. The molecule has 7 heteroatoms. The van der Waals surface area contributed by atoms with Crippen LogP contribution in [0.3, 0.4) is 0 Å². The number of hydrogen-bond acceptors (Lipinski definition) is 3. The van der Waals surface area contributed by atoms with E-state index in [1.165, 1.54) is 4.90 Å². The highest BCUT2D eigenvalue weighted by Gasteiger charge is 2.44. The largest absolute Gasteiger partial charge is 0.496 e. The summed E-state index contributed by atoms with van der Waals surface area (Å²) in [6.45, 7) is 4.58. The third-order valence-electron chi connectivity index (χ3n) is 4.92. The van der Waals surface area contributed by atoms with Crippen molar-refractivity contribution in [3.63, 3.8) is 0 Å². The van der Waals surface area contributed by atoms with Crippen molar-refractivity contribution >= 4 is 29.2 Å². The van der Waals surface area contributed by atoms with Gasteiger partial charge in [-0.15, -0.1) is 0 Å². The van der Waals surface area contributed by atoms with Crippen LogP contribution in [0.15, 0.2) is 42.5 Å². The second-order valence-electron chi connectivity index (χ2n) is 7.18. The van der Waals surface area contributed by atoms with Gasteiger partial charge >= 0.3 is 6.03 Å². The number of benzene rings is 2. The van der Waals surface area contributed by atoms with Crippen LogP contribution in [-0.4, -0.2) is 43.7 Å². The molecule has 1 aliphatic rings. The third-order valence-corrected chi connectivity index (χ3v) is 5.16. The number of amides is 3. The van der Waals surface area contributed by atoms with E-state index < -0.39 is 6.04 Å². The smallest absolute Gasteiger partial charge is 0.336 e. The molecule has 0 spiro atoms. The van der Waals surface area contributed by atoms with Gasteiger partial charge in [-0.1, -0.05) is 29.3 Å².